The van der Waals surface area contributed by atoms with Crippen LogP contribution in [0, 0.1) is 19.8 Å². The normalized spacial score (nSPS) is 32.5. The van der Waals surface area contributed by atoms with Crippen LogP contribution in [0.1, 0.15) is 48.5 Å². The average molecular weight is 245 g/mol. The van der Waals surface area contributed by atoms with E-state index in [1.54, 1.807) is 0 Å². The van der Waals surface area contributed by atoms with E-state index < -0.39 is 0 Å². The van der Waals surface area contributed by atoms with Crippen LogP contribution in [0.4, 0.5) is 0 Å². The molecule has 0 aromatic heterocycles. The molecule has 2 N–H and O–H groups in total. The summed E-state index contributed by atoms with van der Waals surface area (Å²) in [5, 5.41) is 14.2. The van der Waals surface area contributed by atoms with Crippen molar-refractivity contribution < 1.29 is 5.11 Å². The van der Waals surface area contributed by atoms with Crippen LogP contribution in [0.5, 0.6) is 0 Å². The van der Waals surface area contributed by atoms with Gasteiger partial charge in [-0.3, -0.25) is 0 Å². The fraction of sp³-hybridized carbons (Fsp3) is 0.625. The van der Waals surface area contributed by atoms with E-state index in [1.807, 2.05) is 0 Å². The van der Waals surface area contributed by atoms with Crippen LogP contribution < -0.4 is 5.32 Å². The van der Waals surface area contributed by atoms with Crippen LogP contribution in [-0.4, -0.2) is 17.2 Å². The first-order valence-electron chi connectivity index (χ1n) is 7.16. The summed E-state index contributed by atoms with van der Waals surface area (Å²) in [5.41, 5.74) is 3.57. The smallest absolute Gasteiger partial charge is 0.0945 e. The maximum Gasteiger partial charge on any atom is 0.0945 e. The number of aliphatic hydroxyl groups is 1. The second-order valence-electron chi connectivity index (χ2n) is 6.11. The fourth-order valence-electron chi connectivity index (χ4n) is 3.80. The minimum Gasteiger partial charge on any atom is -0.387 e. The molecule has 2 nitrogen and oxygen atoms in total. The number of benzene rings is 1. The number of aliphatic hydroxyl groups excluding tert-OH is 1. The van der Waals surface area contributed by atoms with Gasteiger partial charge in [0.25, 0.3) is 0 Å². The summed E-state index contributed by atoms with van der Waals surface area (Å²) in [6, 6.07) is 7.26. The van der Waals surface area contributed by atoms with Crippen LogP contribution in [-0.2, 0) is 0 Å². The molecule has 1 heterocycles. The van der Waals surface area contributed by atoms with E-state index in [2.05, 4.69) is 37.4 Å². The van der Waals surface area contributed by atoms with Gasteiger partial charge in [0.15, 0.2) is 0 Å². The minimum absolute atomic E-state index is 0.252. The van der Waals surface area contributed by atoms with Crippen molar-refractivity contribution in [3.63, 3.8) is 0 Å². The summed E-state index contributed by atoms with van der Waals surface area (Å²) in [5.74, 6) is 0.801. The topological polar surface area (TPSA) is 32.3 Å². The number of rotatable bonds is 2. The Balaban J connectivity index is 1.76. The monoisotopic (exact) mass is 245 g/mol. The third-order valence-corrected chi connectivity index (χ3v) is 4.77. The molecule has 3 rings (SSSR count). The Bertz CT molecular complexity index is 431. The lowest BCUT2D eigenvalue weighted by molar-refractivity contribution is 0.132. The first-order valence-corrected chi connectivity index (χ1v) is 7.16. The number of hydrogen-bond acceptors (Lipinski definition) is 2. The molecule has 2 fully saturated rings. The van der Waals surface area contributed by atoms with Crippen molar-refractivity contribution in [2.45, 2.75) is 57.7 Å². The molecule has 1 aliphatic carbocycles. The third-order valence-electron chi connectivity index (χ3n) is 4.77. The van der Waals surface area contributed by atoms with Crippen molar-refractivity contribution in [3.8, 4) is 0 Å². The summed E-state index contributed by atoms with van der Waals surface area (Å²) >= 11 is 0. The van der Waals surface area contributed by atoms with Gasteiger partial charge in [0, 0.05) is 12.1 Å². The minimum atomic E-state index is -0.351. The lowest BCUT2D eigenvalue weighted by atomic mass is 9.93. The Morgan fingerprint density at radius 1 is 1.28 bits per heavy atom. The second kappa shape index (κ2) is 4.67. The van der Waals surface area contributed by atoms with E-state index in [4.69, 9.17) is 0 Å². The molecular weight excluding hydrogens is 222 g/mol. The Kier molecular flexibility index (Phi) is 3.16. The number of aryl methyl sites for hydroxylation is 2. The summed E-state index contributed by atoms with van der Waals surface area (Å²) in [6.45, 7) is 4.20. The van der Waals surface area contributed by atoms with Gasteiger partial charge in [-0.15, -0.1) is 0 Å². The van der Waals surface area contributed by atoms with Crippen molar-refractivity contribution in [1.82, 2.24) is 5.32 Å². The molecule has 1 aromatic rings. The predicted octanol–water partition coefficient (Wildman–Crippen LogP) is 2.87. The number of nitrogens with one attached hydrogen (secondary N) is 1. The zero-order chi connectivity index (χ0) is 12.7. The molecule has 1 saturated heterocycles. The van der Waals surface area contributed by atoms with Crippen molar-refractivity contribution >= 4 is 0 Å². The molecule has 1 aromatic carbocycles. The van der Waals surface area contributed by atoms with Crippen LogP contribution in [0.2, 0.25) is 0 Å². The van der Waals surface area contributed by atoms with E-state index in [1.165, 1.54) is 30.4 Å². The van der Waals surface area contributed by atoms with Gasteiger partial charge in [-0.05, 0) is 50.2 Å². The van der Waals surface area contributed by atoms with Gasteiger partial charge in [-0.1, -0.05) is 30.2 Å². The average Bonchev–Trinajstić information content (AvgIpc) is 2.87. The summed E-state index contributed by atoms with van der Waals surface area (Å²) in [4.78, 5) is 0. The first kappa shape index (κ1) is 12.2. The third kappa shape index (κ3) is 2.08. The van der Waals surface area contributed by atoms with Crippen LogP contribution >= 0.6 is 0 Å². The Hall–Kier alpha value is -0.860. The molecular formula is C16H23NO. The highest BCUT2D eigenvalue weighted by Crippen LogP contribution is 2.38. The Morgan fingerprint density at radius 3 is 2.83 bits per heavy atom. The second-order valence-corrected chi connectivity index (χ2v) is 6.11. The van der Waals surface area contributed by atoms with E-state index in [0.717, 1.165) is 17.9 Å². The number of hydrogen-bond donors (Lipinski definition) is 2. The Labute approximate surface area is 109 Å². The van der Waals surface area contributed by atoms with Crippen molar-refractivity contribution in [3.05, 3.63) is 34.9 Å². The van der Waals surface area contributed by atoms with Crippen LogP contribution in [0.25, 0.3) is 0 Å². The van der Waals surface area contributed by atoms with Gasteiger partial charge < -0.3 is 10.4 Å². The zero-order valence-corrected chi connectivity index (χ0v) is 11.3. The summed E-state index contributed by atoms with van der Waals surface area (Å²) < 4.78 is 0. The molecule has 4 atom stereocenters. The molecule has 18 heavy (non-hydrogen) atoms. The van der Waals surface area contributed by atoms with Crippen LogP contribution in [0.3, 0.4) is 0 Å². The molecule has 0 bridgehead atoms. The van der Waals surface area contributed by atoms with Gasteiger partial charge in [-0.2, -0.15) is 0 Å². The summed E-state index contributed by atoms with van der Waals surface area (Å²) in [6.07, 6.45) is 4.78. The SMILES string of the molecule is Cc1ccc([C@@H](O)[C@@H]2C[C@H]3CCC[C@H]3N2)c(C)c1. The molecule has 2 aliphatic rings. The molecule has 0 spiro atoms. The fourth-order valence-corrected chi connectivity index (χ4v) is 3.80. The molecule has 98 valence electrons. The molecule has 1 saturated carbocycles. The highest BCUT2D eigenvalue weighted by atomic mass is 16.3. The molecule has 0 radical (unpaired) electrons. The van der Waals surface area contributed by atoms with E-state index >= 15 is 0 Å². The lowest BCUT2D eigenvalue weighted by Crippen LogP contribution is -2.34. The van der Waals surface area contributed by atoms with Gasteiger partial charge >= 0.3 is 0 Å². The van der Waals surface area contributed by atoms with Crippen molar-refractivity contribution in [1.29, 1.82) is 0 Å². The maximum absolute atomic E-state index is 10.6. The van der Waals surface area contributed by atoms with Gasteiger partial charge in [0.05, 0.1) is 6.10 Å². The quantitative estimate of drug-likeness (QED) is 0.839. The zero-order valence-electron chi connectivity index (χ0n) is 11.3. The molecule has 1 aliphatic heterocycles. The number of fused-ring (bicyclic) bond motifs is 1. The van der Waals surface area contributed by atoms with E-state index in [0.29, 0.717) is 6.04 Å². The predicted molar refractivity (Wildman–Crippen MR) is 73.5 cm³/mol. The highest BCUT2D eigenvalue weighted by molar-refractivity contribution is 5.33. The summed E-state index contributed by atoms with van der Waals surface area (Å²) in [7, 11) is 0. The standard InChI is InChI=1S/C16H23NO/c1-10-6-7-13(11(2)8-10)16(18)15-9-12-4-3-5-14(12)17-15/h6-8,12,14-18H,3-5,9H2,1-2H3/t12-,14-,15+,16-/m1/s1. The van der Waals surface area contributed by atoms with E-state index in [-0.39, 0.29) is 12.1 Å². The van der Waals surface area contributed by atoms with Gasteiger partial charge in [-0.25, -0.2) is 0 Å². The Morgan fingerprint density at radius 2 is 2.11 bits per heavy atom. The van der Waals surface area contributed by atoms with Gasteiger partial charge in [0.1, 0.15) is 0 Å². The lowest BCUT2D eigenvalue weighted by Gasteiger charge is -2.22. The van der Waals surface area contributed by atoms with Crippen molar-refractivity contribution in [2.24, 2.45) is 5.92 Å². The van der Waals surface area contributed by atoms with Crippen molar-refractivity contribution in [2.75, 3.05) is 0 Å². The van der Waals surface area contributed by atoms with Crippen LogP contribution in [0.15, 0.2) is 18.2 Å². The molecule has 2 heteroatoms. The van der Waals surface area contributed by atoms with Gasteiger partial charge in [0.2, 0.25) is 0 Å². The molecule has 0 unspecified atom stereocenters. The largest absolute Gasteiger partial charge is 0.387 e. The van der Waals surface area contributed by atoms with E-state index in [9.17, 15) is 5.11 Å². The highest BCUT2D eigenvalue weighted by Gasteiger charge is 2.39. The maximum atomic E-state index is 10.6. The molecule has 0 amide bonds. The first-order chi connectivity index (χ1) is 8.65.